The Labute approximate surface area is 137 Å². The normalized spacial score (nSPS) is 10.6. The van der Waals surface area contributed by atoms with Gasteiger partial charge in [-0.25, -0.2) is 0 Å². The van der Waals surface area contributed by atoms with Crippen LogP contribution >= 0.6 is 0 Å². The van der Waals surface area contributed by atoms with Crippen LogP contribution in [0.1, 0.15) is 43.4 Å². The summed E-state index contributed by atoms with van der Waals surface area (Å²) in [7, 11) is 0. The van der Waals surface area contributed by atoms with Gasteiger partial charge in [-0.05, 0) is 41.2 Å². The molecule has 0 unspecified atom stereocenters. The number of carbonyl (C=O) groups excluding carboxylic acids is 1. The van der Waals surface area contributed by atoms with E-state index >= 15 is 0 Å². The zero-order valence-electron chi connectivity index (χ0n) is 14.0. The molecular formula is C19H24N2O2. The number of hydrogen-bond donors (Lipinski definition) is 1. The zero-order valence-corrected chi connectivity index (χ0v) is 14.0. The molecule has 0 aliphatic carbocycles. The Kier molecular flexibility index (Phi) is 6.15. The molecule has 122 valence electrons. The second kappa shape index (κ2) is 8.32. The highest BCUT2D eigenvalue weighted by atomic mass is 16.5. The SMILES string of the molecule is CCc1ccc(OCC(=O)NCc2cccnc2)c(C(C)C)c1. The minimum atomic E-state index is -0.136. The first-order valence-corrected chi connectivity index (χ1v) is 8.01. The number of nitrogens with zero attached hydrogens (tertiary/aromatic N) is 1. The van der Waals surface area contributed by atoms with Crippen LogP contribution in [0, 0.1) is 0 Å². The van der Waals surface area contributed by atoms with Gasteiger partial charge in [0.05, 0.1) is 0 Å². The fraction of sp³-hybridized carbons (Fsp3) is 0.368. The molecule has 23 heavy (non-hydrogen) atoms. The van der Waals surface area contributed by atoms with Crippen molar-refractivity contribution in [3.63, 3.8) is 0 Å². The van der Waals surface area contributed by atoms with Crippen LogP contribution in [0.3, 0.4) is 0 Å². The van der Waals surface area contributed by atoms with Crippen molar-refractivity contribution in [1.82, 2.24) is 10.3 Å². The summed E-state index contributed by atoms with van der Waals surface area (Å²) in [4.78, 5) is 16.0. The van der Waals surface area contributed by atoms with Crippen molar-refractivity contribution in [1.29, 1.82) is 0 Å². The van der Waals surface area contributed by atoms with Gasteiger partial charge in [-0.2, -0.15) is 0 Å². The van der Waals surface area contributed by atoms with E-state index in [1.54, 1.807) is 12.4 Å². The molecule has 0 bridgehead atoms. The Bertz CT molecular complexity index is 639. The van der Waals surface area contributed by atoms with Crippen LogP contribution in [0.2, 0.25) is 0 Å². The number of rotatable bonds is 7. The van der Waals surface area contributed by atoms with Crippen molar-refractivity contribution in [2.45, 2.75) is 39.7 Å². The molecule has 1 amide bonds. The third-order valence-corrected chi connectivity index (χ3v) is 3.68. The van der Waals surface area contributed by atoms with Gasteiger partial charge in [-0.1, -0.05) is 39.0 Å². The maximum Gasteiger partial charge on any atom is 0.258 e. The summed E-state index contributed by atoms with van der Waals surface area (Å²) in [6.45, 7) is 6.87. The average Bonchev–Trinajstić information content (AvgIpc) is 2.58. The van der Waals surface area contributed by atoms with Crippen molar-refractivity contribution < 1.29 is 9.53 Å². The van der Waals surface area contributed by atoms with E-state index in [1.807, 2.05) is 18.2 Å². The molecule has 1 aromatic carbocycles. The monoisotopic (exact) mass is 312 g/mol. The smallest absolute Gasteiger partial charge is 0.258 e. The number of ether oxygens (including phenoxy) is 1. The molecule has 0 aliphatic rings. The van der Waals surface area contributed by atoms with Gasteiger partial charge in [0, 0.05) is 18.9 Å². The molecule has 1 N–H and O–H groups in total. The van der Waals surface area contributed by atoms with Crippen LogP contribution < -0.4 is 10.1 Å². The van der Waals surface area contributed by atoms with Gasteiger partial charge in [-0.15, -0.1) is 0 Å². The third-order valence-electron chi connectivity index (χ3n) is 3.68. The van der Waals surface area contributed by atoms with Gasteiger partial charge in [0.15, 0.2) is 6.61 Å². The standard InChI is InChI=1S/C19H24N2O2/c1-4-15-7-8-18(17(10-15)14(2)3)23-13-19(22)21-12-16-6-5-9-20-11-16/h5-11,14H,4,12-13H2,1-3H3,(H,21,22). The highest BCUT2D eigenvalue weighted by Crippen LogP contribution is 2.27. The van der Waals surface area contributed by atoms with E-state index in [1.165, 1.54) is 5.56 Å². The Morgan fingerprint density at radius 2 is 2.09 bits per heavy atom. The van der Waals surface area contributed by atoms with Crippen LogP contribution in [0.15, 0.2) is 42.7 Å². The Morgan fingerprint density at radius 3 is 2.74 bits per heavy atom. The van der Waals surface area contributed by atoms with Gasteiger partial charge in [0.25, 0.3) is 5.91 Å². The van der Waals surface area contributed by atoms with E-state index in [4.69, 9.17) is 4.74 Å². The summed E-state index contributed by atoms with van der Waals surface area (Å²) in [5, 5.41) is 2.84. The van der Waals surface area contributed by atoms with Crippen molar-refractivity contribution in [2.24, 2.45) is 0 Å². The second-order valence-corrected chi connectivity index (χ2v) is 5.81. The van der Waals surface area contributed by atoms with Crippen LogP contribution in [0.25, 0.3) is 0 Å². The maximum atomic E-state index is 11.9. The van der Waals surface area contributed by atoms with Crippen molar-refractivity contribution >= 4 is 5.91 Å². The predicted octanol–water partition coefficient (Wildman–Crippen LogP) is 3.46. The molecule has 2 aromatic rings. The Morgan fingerprint density at radius 1 is 1.26 bits per heavy atom. The van der Waals surface area contributed by atoms with E-state index in [0.29, 0.717) is 12.5 Å². The predicted molar refractivity (Wildman–Crippen MR) is 91.5 cm³/mol. The molecule has 0 aliphatic heterocycles. The second-order valence-electron chi connectivity index (χ2n) is 5.81. The minimum absolute atomic E-state index is 0.0193. The fourth-order valence-corrected chi connectivity index (χ4v) is 2.30. The van der Waals surface area contributed by atoms with Gasteiger partial charge >= 0.3 is 0 Å². The van der Waals surface area contributed by atoms with E-state index < -0.39 is 0 Å². The molecule has 4 heteroatoms. The van der Waals surface area contributed by atoms with Crippen molar-refractivity contribution in [3.05, 3.63) is 59.4 Å². The summed E-state index contributed by atoms with van der Waals surface area (Å²) in [5.74, 6) is 1.01. The van der Waals surface area contributed by atoms with Gasteiger partial charge in [-0.3, -0.25) is 9.78 Å². The van der Waals surface area contributed by atoms with Crippen LogP contribution in [-0.2, 0) is 17.8 Å². The van der Waals surface area contributed by atoms with E-state index in [0.717, 1.165) is 23.3 Å². The van der Waals surface area contributed by atoms with Gasteiger partial charge in [0.2, 0.25) is 0 Å². The molecule has 0 atom stereocenters. The number of hydrogen-bond acceptors (Lipinski definition) is 3. The van der Waals surface area contributed by atoms with Crippen molar-refractivity contribution in [2.75, 3.05) is 6.61 Å². The molecule has 1 aromatic heterocycles. The lowest BCUT2D eigenvalue weighted by Gasteiger charge is -2.15. The summed E-state index contributed by atoms with van der Waals surface area (Å²) in [6.07, 6.45) is 4.44. The molecule has 0 radical (unpaired) electrons. The summed E-state index contributed by atoms with van der Waals surface area (Å²) in [5.41, 5.74) is 3.39. The third kappa shape index (κ3) is 5.09. The topological polar surface area (TPSA) is 51.2 Å². The molecule has 1 heterocycles. The lowest BCUT2D eigenvalue weighted by atomic mass is 9.99. The summed E-state index contributed by atoms with van der Waals surface area (Å²) < 4.78 is 5.72. The summed E-state index contributed by atoms with van der Waals surface area (Å²) >= 11 is 0. The molecule has 2 rings (SSSR count). The molecule has 0 spiro atoms. The summed E-state index contributed by atoms with van der Waals surface area (Å²) in [6, 6.07) is 9.95. The van der Waals surface area contributed by atoms with Crippen molar-refractivity contribution in [3.8, 4) is 5.75 Å². The number of carbonyl (C=O) groups is 1. The molecular weight excluding hydrogens is 288 g/mol. The number of aryl methyl sites for hydroxylation is 1. The molecule has 0 saturated heterocycles. The largest absolute Gasteiger partial charge is 0.483 e. The zero-order chi connectivity index (χ0) is 16.7. The van der Waals surface area contributed by atoms with Crippen LogP contribution in [0.5, 0.6) is 5.75 Å². The maximum absolute atomic E-state index is 11.9. The van der Waals surface area contributed by atoms with E-state index in [-0.39, 0.29) is 12.5 Å². The first-order valence-electron chi connectivity index (χ1n) is 8.01. The quantitative estimate of drug-likeness (QED) is 0.852. The number of nitrogens with one attached hydrogen (secondary N) is 1. The Hall–Kier alpha value is -2.36. The lowest BCUT2D eigenvalue weighted by molar-refractivity contribution is -0.123. The first kappa shape index (κ1) is 17.0. The average molecular weight is 312 g/mol. The first-order chi connectivity index (χ1) is 11.1. The number of amides is 1. The van der Waals surface area contributed by atoms with Crippen LogP contribution in [-0.4, -0.2) is 17.5 Å². The fourth-order valence-electron chi connectivity index (χ4n) is 2.30. The minimum Gasteiger partial charge on any atom is -0.483 e. The number of benzene rings is 1. The van der Waals surface area contributed by atoms with Crippen LogP contribution in [0.4, 0.5) is 0 Å². The lowest BCUT2D eigenvalue weighted by Crippen LogP contribution is -2.28. The Balaban J connectivity index is 1.91. The van der Waals surface area contributed by atoms with Gasteiger partial charge < -0.3 is 10.1 Å². The number of aromatic nitrogens is 1. The highest BCUT2D eigenvalue weighted by Gasteiger charge is 2.10. The van der Waals surface area contributed by atoms with E-state index in [2.05, 4.69) is 43.2 Å². The van der Waals surface area contributed by atoms with Gasteiger partial charge in [0.1, 0.15) is 5.75 Å². The molecule has 0 fully saturated rings. The molecule has 0 saturated carbocycles. The molecule has 4 nitrogen and oxygen atoms in total. The number of pyridine rings is 1. The highest BCUT2D eigenvalue weighted by molar-refractivity contribution is 5.77. The van der Waals surface area contributed by atoms with E-state index in [9.17, 15) is 4.79 Å².